The van der Waals surface area contributed by atoms with E-state index in [9.17, 15) is 0 Å². The molecule has 5 nitrogen and oxygen atoms in total. The number of rotatable bonds is 9. The Kier molecular flexibility index (Phi) is 11.9. The lowest BCUT2D eigenvalue weighted by Gasteiger charge is -2.13. The van der Waals surface area contributed by atoms with Crippen molar-refractivity contribution < 1.29 is 4.74 Å². The molecule has 0 bridgehead atoms. The number of ether oxygens (including phenoxy) is 1. The van der Waals surface area contributed by atoms with Gasteiger partial charge in [-0.05, 0) is 55.9 Å². The molecule has 2 aromatic carbocycles. The predicted molar refractivity (Wildman–Crippen MR) is 129 cm³/mol. The van der Waals surface area contributed by atoms with E-state index >= 15 is 0 Å². The van der Waals surface area contributed by atoms with E-state index < -0.39 is 0 Å². The first-order valence-electron chi connectivity index (χ1n) is 9.12. The fourth-order valence-electron chi connectivity index (χ4n) is 2.51. The molecule has 0 aliphatic carbocycles. The highest BCUT2D eigenvalue weighted by Gasteiger charge is 2.01. The number of benzene rings is 2. The molecule has 0 aliphatic heterocycles. The maximum Gasteiger partial charge on any atom is 0.191 e. The first-order chi connectivity index (χ1) is 13.1. The maximum atomic E-state index is 6.02. The van der Waals surface area contributed by atoms with Crippen molar-refractivity contribution in [1.29, 1.82) is 0 Å². The molecule has 2 aromatic rings. The van der Waals surface area contributed by atoms with E-state index in [0.29, 0.717) is 13.1 Å². The number of nitrogens with zero attached hydrogens (tertiary/aromatic N) is 2. The summed E-state index contributed by atoms with van der Waals surface area (Å²) in [7, 11) is 5.90. The second kappa shape index (κ2) is 13.6. The number of hydrogen-bond acceptors (Lipinski definition) is 3. The second-order valence-corrected chi connectivity index (χ2v) is 6.99. The van der Waals surface area contributed by atoms with E-state index in [4.69, 9.17) is 16.3 Å². The largest absolute Gasteiger partial charge is 0.494 e. The minimum atomic E-state index is 0. The van der Waals surface area contributed by atoms with Crippen LogP contribution in [0.2, 0.25) is 5.02 Å². The van der Waals surface area contributed by atoms with E-state index in [0.717, 1.165) is 41.9 Å². The average molecular weight is 517 g/mol. The van der Waals surface area contributed by atoms with Crippen LogP contribution in [0.4, 0.5) is 0 Å². The van der Waals surface area contributed by atoms with Crippen LogP contribution in [-0.2, 0) is 13.1 Å². The third kappa shape index (κ3) is 9.61. The lowest BCUT2D eigenvalue weighted by atomic mass is 10.2. The van der Waals surface area contributed by atoms with E-state index in [1.165, 1.54) is 5.56 Å². The minimum absolute atomic E-state index is 0. The molecule has 0 spiro atoms. The summed E-state index contributed by atoms with van der Waals surface area (Å²) in [4.78, 5) is 6.41. The van der Waals surface area contributed by atoms with Crippen molar-refractivity contribution in [1.82, 2.24) is 15.5 Å². The Morgan fingerprint density at radius 2 is 1.71 bits per heavy atom. The molecule has 0 unspecified atom stereocenters. The van der Waals surface area contributed by atoms with E-state index in [1.54, 1.807) is 7.05 Å². The molecule has 0 heterocycles. The monoisotopic (exact) mass is 516 g/mol. The highest BCUT2D eigenvalue weighted by Crippen LogP contribution is 2.13. The van der Waals surface area contributed by atoms with Gasteiger partial charge in [0.15, 0.2) is 5.96 Å². The number of halogens is 2. The van der Waals surface area contributed by atoms with Gasteiger partial charge in [0.2, 0.25) is 0 Å². The Labute approximate surface area is 190 Å². The van der Waals surface area contributed by atoms with E-state index in [2.05, 4.69) is 46.8 Å². The van der Waals surface area contributed by atoms with Crippen LogP contribution in [0.3, 0.4) is 0 Å². The minimum Gasteiger partial charge on any atom is -0.494 e. The normalized spacial score (nSPS) is 11.1. The number of guanidine groups is 1. The first-order valence-corrected chi connectivity index (χ1v) is 9.50. The van der Waals surface area contributed by atoms with Crippen LogP contribution in [0.5, 0.6) is 5.75 Å². The summed E-state index contributed by atoms with van der Waals surface area (Å²) in [6.07, 6.45) is 1.02. The van der Waals surface area contributed by atoms with Crippen LogP contribution in [0.15, 0.2) is 53.5 Å². The van der Waals surface area contributed by atoms with Crippen LogP contribution in [-0.4, -0.2) is 45.2 Å². The van der Waals surface area contributed by atoms with Crippen molar-refractivity contribution in [2.45, 2.75) is 19.5 Å². The smallest absolute Gasteiger partial charge is 0.191 e. The van der Waals surface area contributed by atoms with Gasteiger partial charge in [-0.1, -0.05) is 35.9 Å². The molecule has 0 aromatic heterocycles. The number of nitrogens with one attached hydrogen (secondary N) is 2. The lowest BCUT2D eigenvalue weighted by Crippen LogP contribution is -2.36. The third-order valence-electron chi connectivity index (χ3n) is 3.97. The number of hydrogen-bond donors (Lipinski definition) is 2. The topological polar surface area (TPSA) is 48.9 Å². The Balaban J connectivity index is 0.00000392. The summed E-state index contributed by atoms with van der Waals surface area (Å²) in [6.45, 7) is 3.12. The molecule has 0 fully saturated rings. The Bertz CT molecular complexity index is 723. The van der Waals surface area contributed by atoms with Crippen molar-refractivity contribution in [3.05, 3.63) is 64.7 Å². The molecule has 0 aliphatic rings. The van der Waals surface area contributed by atoms with Crippen LogP contribution in [0.25, 0.3) is 0 Å². The molecule has 2 N–H and O–H groups in total. The first kappa shape index (κ1) is 24.5. The number of aliphatic imine (C=N–C) groups is 1. The van der Waals surface area contributed by atoms with Gasteiger partial charge in [0.25, 0.3) is 0 Å². The van der Waals surface area contributed by atoms with Gasteiger partial charge in [0.05, 0.1) is 6.61 Å². The predicted octanol–water partition coefficient (Wildman–Crippen LogP) is 4.15. The summed E-state index contributed by atoms with van der Waals surface area (Å²) in [5.74, 6) is 1.65. The summed E-state index contributed by atoms with van der Waals surface area (Å²) < 4.78 is 5.76. The van der Waals surface area contributed by atoms with Gasteiger partial charge in [-0.15, -0.1) is 24.0 Å². The van der Waals surface area contributed by atoms with Gasteiger partial charge in [0, 0.05) is 31.7 Å². The van der Waals surface area contributed by atoms with Crippen LogP contribution >= 0.6 is 35.6 Å². The molecule has 0 atom stereocenters. The molecule has 0 saturated heterocycles. The lowest BCUT2D eigenvalue weighted by molar-refractivity contribution is 0.281. The van der Waals surface area contributed by atoms with Gasteiger partial charge in [-0.25, -0.2) is 0 Å². The zero-order chi connectivity index (χ0) is 19.5. The Morgan fingerprint density at radius 1 is 1.04 bits per heavy atom. The van der Waals surface area contributed by atoms with Crippen molar-refractivity contribution in [3.63, 3.8) is 0 Å². The molecular formula is C21H30ClIN4O. The van der Waals surface area contributed by atoms with Crippen molar-refractivity contribution in [2.75, 3.05) is 34.3 Å². The van der Waals surface area contributed by atoms with Crippen molar-refractivity contribution in [3.8, 4) is 5.75 Å². The Hall–Kier alpha value is -1.51. The van der Waals surface area contributed by atoms with E-state index in [-0.39, 0.29) is 24.0 Å². The molecule has 0 radical (unpaired) electrons. The van der Waals surface area contributed by atoms with Gasteiger partial charge < -0.3 is 20.3 Å². The molecule has 0 amide bonds. The van der Waals surface area contributed by atoms with Crippen LogP contribution < -0.4 is 15.4 Å². The van der Waals surface area contributed by atoms with Crippen molar-refractivity contribution in [2.24, 2.45) is 4.99 Å². The maximum absolute atomic E-state index is 6.02. The summed E-state index contributed by atoms with van der Waals surface area (Å²) in [6, 6.07) is 15.9. The van der Waals surface area contributed by atoms with E-state index in [1.807, 2.05) is 36.4 Å². The van der Waals surface area contributed by atoms with Gasteiger partial charge >= 0.3 is 0 Å². The molecule has 0 saturated carbocycles. The molecule has 28 heavy (non-hydrogen) atoms. The Morgan fingerprint density at radius 3 is 2.32 bits per heavy atom. The van der Waals surface area contributed by atoms with Gasteiger partial charge in [-0.2, -0.15) is 0 Å². The average Bonchev–Trinajstić information content (AvgIpc) is 2.66. The van der Waals surface area contributed by atoms with Gasteiger partial charge in [0.1, 0.15) is 5.75 Å². The molecule has 7 heteroatoms. The fourth-order valence-corrected chi connectivity index (χ4v) is 2.73. The molecule has 154 valence electrons. The van der Waals surface area contributed by atoms with Gasteiger partial charge in [-0.3, -0.25) is 4.99 Å². The summed E-state index contributed by atoms with van der Waals surface area (Å²) >= 11 is 6.02. The highest BCUT2D eigenvalue weighted by atomic mass is 127. The fraction of sp³-hybridized carbons (Fsp3) is 0.381. The highest BCUT2D eigenvalue weighted by molar-refractivity contribution is 14.0. The quantitative estimate of drug-likeness (QED) is 0.228. The molecule has 2 rings (SSSR count). The zero-order valence-corrected chi connectivity index (χ0v) is 19.8. The summed E-state index contributed by atoms with van der Waals surface area (Å²) in [5.41, 5.74) is 2.28. The van der Waals surface area contributed by atoms with Crippen LogP contribution in [0, 0.1) is 0 Å². The molecular weight excluding hydrogens is 487 g/mol. The standard InChI is InChI=1S/C21H29ClN4O.HI/c1-23-21(25-16-18-6-4-7-19(22)14-18)24-15-17-8-10-20(11-9-17)27-13-5-12-26(2)3;/h4,6-11,14H,5,12-13,15-16H2,1-3H3,(H2,23,24,25);1H. The second-order valence-electron chi connectivity index (χ2n) is 6.56. The van der Waals surface area contributed by atoms with Crippen LogP contribution in [0.1, 0.15) is 17.5 Å². The zero-order valence-electron chi connectivity index (χ0n) is 16.7. The summed E-state index contributed by atoms with van der Waals surface area (Å²) in [5, 5.41) is 7.34. The third-order valence-corrected chi connectivity index (χ3v) is 4.21. The SMILES string of the molecule is CN=C(NCc1ccc(OCCCN(C)C)cc1)NCc1cccc(Cl)c1.I. The van der Waals surface area contributed by atoms with Crippen molar-refractivity contribution >= 4 is 41.5 Å².